The first-order valence-electron chi connectivity index (χ1n) is 9.92. The van der Waals surface area contributed by atoms with Crippen LogP contribution in [-0.4, -0.2) is 20.3 Å². The van der Waals surface area contributed by atoms with Gasteiger partial charge in [-0.05, 0) is 62.1 Å². The van der Waals surface area contributed by atoms with Crippen LogP contribution in [0.5, 0.6) is 0 Å². The molecule has 1 aliphatic carbocycles. The lowest BCUT2D eigenvalue weighted by molar-refractivity contribution is -0.120. The Labute approximate surface area is 187 Å². The van der Waals surface area contributed by atoms with Gasteiger partial charge in [-0.2, -0.15) is 5.26 Å². The van der Waals surface area contributed by atoms with E-state index in [1.807, 2.05) is 61.7 Å². The van der Waals surface area contributed by atoms with Crippen LogP contribution < -0.4 is 10.0 Å². The number of carbonyl (C=O) groups excluding carboxylic acids is 1. The zero-order valence-corrected chi connectivity index (χ0v) is 18.8. The number of amides is 1. The first kappa shape index (κ1) is 21.2. The number of benzene rings is 2. The summed E-state index contributed by atoms with van der Waals surface area (Å²) in [6, 6.07) is 17.1. The molecule has 6 nitrogen and oxygen atoms in total. The summed E-state index contributed by atoms with van der Waals surface area (Å²) in [6.45, 7) is 3.64. The van der Waals surface area contributed by atoms with Crippen LogP contribution in [-0.2, 0) is 21.2 Å². The zero-order valence-electron chi connectivity index (χ0n) is 17.2. The van der Waals surface area contributed by atoms with E-state index in [9.17, 15) is 9.00 Å². The summed E-state index contributed by atoms with van der Waals surface area (Å²) in [5, 5.41) is 14.6. The summed E-state index contributed by atoms with van der Waals surface area (Å²) in [7, 11) is -1.11. The molecule has 2 aromatic carbocycles. The fourth-order valence-electron chi connectivity index (χ4n) is 2.98. The van der Waals surface area contributed by atoms with Crippen LogP contribution in [0.4, 0.5) is 10.8 Å². The van der Waals surface area contributed by atoms with Gasteiger partial charge in [0.1, 0.15) is 11.0 Å². The molecule has 8 heteroatoms. The maximum Gasteiger partial charge on any atom is 0.236 e. The second kappa shape index (κ2) is 8.61. The Balaban J connectivity index is 1.43. The average molecular weight is 451 g/mol. The Bertz CT molecular complexity index is 1170. The van der Waals surface area contributed by atoms with E-state index in [0.29, 0.717) is 22.1 Å². The standard InChI is InChI=1S/C23H22N4O2S2/c1-23(2,20-14-30-22(26-20)27-31(29)19-10-11-19)21(28)25-18-8-6-16(7-9-18)17-5-3-4-15(12-17)13-24/h3-9,12,14,19H,10-11H2,1-2H3,(H,25,28)(H,26,27). The Kier molecular flexibility index (Phi) is 5.90. The van der Waals surface area contributed by atoms with Crippen LogP contribution in [0.3, 0.4) is 0 Å². The van der Waals surface area contributed by atoms with Gasteiger partial charge >= 0.3 is 0 Å². The minimum Gasteiger partial charge on any atom is -0.325 e. The van der Waals surface area contributed by atoms with Gasteiger partial charge in [0.25, 0.3) is 0 Å². The molecule has 1 unspecified atom stereocenters. The normalized spacial score (nSPS) is 14.5. The summed E-state index contributed by atoms with van der Waals surface area (Å²) in [5.74, 6) is -0.174. The van der Waals surface area contributed by atoms with E-state index < -0.39 is 16.4 Å². The lowest BCUT2D eigenvalue weighted by Gasteiger charge is -2.21. The van der Waals surface area contributed by atoms with Crippen molar-refractivity contribution in [3.05, 3.63) is 65.2 Å². The molecule has 1 fully saturated rings. The van der Waals surface area contributed by atoms with Crippen molar-refractivity contribution in [2.45, 2.75) is 37.4 Å². The number of thiazole rings is 1. The minimum atomic E-state index is -1.11. The molecule has 0 spiro atoms. The number of anilines is 2. The third kappa shape index (κ3) is 4.84. The van der Waals surface area contributed by atoms with Crippen molar-refractivity contribution in [1.82, 2.24) is 4.98 Å². The van der Waals surface area contributed by atoms with Crippen molar-refractivity contribution < 1.29 is 9.00 Å². The molecule has 31 heavy (non-hydrogen) atoms. The topological polar surface area (TPSA) is 94.9 Å². The molecule has 1 aromatic heterocycles. The molecule has 1 saturated carbocycles. The summed E-state index contributed by atoms with van der Waals surface area (Å²) in [5.41, 5.74) is 2.99. The van der Waals surface area contributed by atoms with Crippen LogP contribution in [0.2, 0.25) is 0 Å². The summed E-state index contributed by atoms with van der Waals surface area (Å²) in [4.78, 5) is 17.5. The first-order chi connectivity index (χ1) is 14.9. The minimum absolute atomic E-state index is 0.174. The fourth-order valence-corrected chi connectivity index (χ4v) is 5.09. The second-order valence-electron chi connectivity index (χ2n) is 7.99. The lowest BCUT2D eigenvalue weighted by atomic mass is 9.89. The maximum absolute atomic E-state index is 13.0. The van der Waals surface area contributed by atoms with Gasteiger partial charge in [-0.3, -0.25) is 9.52 Å². The predicted molar refractivity (Wildman–Crippen MR) is 125 cm³/mol. The molecule has 0 aliphatic heterocycles. The molecule has 3 aromatic rings. The molecule has 1 aliphatic rings. The van der Waals surface area contributed by atoms with E-state index in [1.165, 1.54) is 11.3 Å². The van der Waals surface area contributed by atoms with Gasteiger partial charge in [-0.15, -0.1) is 11.3 Å². The molecule has 1 amide bonds. The molecule has 1 heterocycles. The molecule has 1 atom stereocenters. The van der Waals surface area contributed by atoms with Crippen LogP contribution in [0.15, 0.2) is 53.9 Å². The number of hydrogen-bond acceptors (Lipinski definition) is 5. The van der Waals surface area contributed by atoms with E-state index in [1.54, 1.807) is 6.07 Å². The van der Waals surface area contributed by atoms with Crippen LogP contribution in [0, 0.1) is 11.3 Å². The van der Waals surface area contributed by atoms with Crippen LogP contribution in [0.1, 0.15) is 37.9 Å². The van der Waals surface area contributed by atoms with Crippen molar-refractivity contribution >= 4 is 39.0 Å². The Morgan fingerprint density at radius 3 is 2.61 bits per heavy atom. The van der Waals surface area contributed by atoms with E-state index in [0.717, 1.165) is 24.0 Å². The largest absolute Gasteiger partial charge is 0.325 e. The number of nitrogens with one attached hydrogen (secondary N) is 2. The molecule has 2 N–H and O–H groups in total. The number of nitriles is 1. The van der Waals surface area contributed by atoms with E-state index >= 15 is 0 Å². The van der Waals surface area contributed by atoms with E-state index in [4.69, 9.17) is 5.26 Å². The molecule has 158 valence electrons. The molecular formula is C23H22N4O2S2. The van der Waals surface area contributed by atoms with Crippen molar-refractivity contribution in [3.8, 4) is 17.2 Å². The summed E-state index contributed by atoms with van der Waals surface area (Å²) >= 11 is 1.36. The van der Waals surface area contributed by atoms with Gasteiger partial charge in [0.05, 0.1) is 28.0 Å². The summed E-state index contributed by atoms with van der Waals surface area (Å²) < 4.78 is 15.0. The SMILES string of the molecule is CC(C)(C(=O)Nc1ccc(-c2cccc(C#N)c2)cc1)c1csc(NS(=O)C2CC2)n1. The van der Waals surface area contributed by atoms with Gasteiger partial charge in [-0.25, -0.2) is 9.19 Å². The number of aromatic nitrogens is 1. The summed E-state index contributed by atoms with van der Waals surface area (Å²) in [6.07, 6.45) is 1.96. The highest BCUT2D eigenvalue weighted by atomic mass is 32.2. The average Bonchev–Trinajstić information content (AvgIpc) is 3.53. The highest BCUT2D eigenvalue weighted by Gasteiger charge is 2.33. The first-order valence-corrected chi connectivity index (χ1v) is 12.0. The van der Waals surface area contributed by atoms with Crippen molar-refractivity contribution in [1.29, 1.82) is 5.26 Å². The lowest BCUT2D eigenvalue weighted by Crippen LogP contribution is -2.35. The van der Waals surface area contributed by atoms with Gasteiger partial charge in [0.2, 0.25) is 5.91 Å². The number of nitrogens with zero attached hydrogens (tertiary/aromatic N) is 2. The number of carbonyl (C=O) groups is 1. The third-order valence-electron chi connectivity index (χ3n) is 5.19. The molecule has 4 rings (SSSR count). The maximum atomic E-state index is 13.0. The van der Waals surface area contributed by atoms with Crippen LogP contribution >= 0.6 is 11.3 Å². The predicted octanol–water partition coefficient (Wildman–Crippen LogP) is 4.84. The van der Waals surface area contributed by atoms with Gasteiger partial charge < -0.3 is 5.32 Å². The smallest absolute Gasteiger partial charge is 0.236 e. The Morgan fingerprint density at radius 2 is 1.94 bits per heavy atom. The fraction of sp³-hybridized carbons (Fsp3) is 0.261. The van der Waals surface area contributed by atoms with Crippen LogP contribution in [0.25, 0.3) is 11.1 Å². The Hall–Kier alpha value is -3.02. The molecule has 0 bridgehead atoms. The van der Waals surface area contributed by atoms with E-state index in [2.05, 4.69) is 21.1 Å². The monoisotopic (exact) mass is 450 g/mol. The zero-order chi connectivity index (χ0) is 22.0. The van der Waals surface area contributed by atoms with Gasteiger partial charge in [0, 0.05) is 11.1 Å². The third-order valence-corrected chi connectivity index (χ3v) is 7.55. The van der Waals surface area contributed by atoms with Gasteiger partial charge in [-0.1, -0.05) is 24.3 Å². The number of hydrogen-bond donors (Lipinski definition) is 2. The van der Waals surface area contributed by atoms with Gasteiger partial charge in [0.15, 0.2) is 5.13 Å². The Morgan fingerprint density at radius 1 is 1.19 bits per heavy atom. The van der Waals surface area contributed by atoms with Crippen molar-refractivity contribution in [3.63, 3.8) is 0 Å². The number of rotatable bonds is 7. The van der Waals surface area contributed by atoms with E-state index in [-0.39, 0.29) is 11.2 Å². The highest BCUT2D eigenvalue weighted by Crippen LogP contribution is 2.31. The molecular weight excluding hydrogens is 428 g/mol. The second-order valence-corrected chi connectivity index (χ2v) is 10.3. The quantitative estimate of drug-likeness (QED) is 0.539. The van der Waals surface area contributed by atoms with Crippen molar-refractivity contribution in [2.24, 2.45) is 0 Å². The highest BCUT2D eigenvalue weighted by molar-refractivity contribution is 7.87. The molecule has 0 radical (unpaired) electrons. The molecule has 0 saturated heterocycles. The van der Waals surface area contributed by atoms with Crippen molar-refractivity contribution in [2.75, 3.05) is 10.0 Å².